The molecule has 0 saturated carbocycles. The van der Waals surface area contributed by atoms with Crippen LogP contribution in [0.15, 0.2) is 12.1 Å². The van der Waals surface area contributed by atoms with Gasteiger partial charge in [0.05, 0.1) is 24.6 Å². The average molecular weight is 325 g/mol. The summed E-state index contributed by atoms with van der Waals surface area (Å²) in [7, 11) is 1.29. The van der Waals surface area contributed by atoms with E-state index in [9.17, 15) is 17.6 Å². The van der Waals surface area contributed by atoms with Crippen LogP contribution in [0.25, 0.3) is 11.0 Å². The summed E-state index contributed by atoms with van der Waals surface area (Å²) in [6, 6.07) is 2.50. The standard InChI is InChI=1S/C13H13ClF4N2O/c1-21-11-7-10-9(6-8(11)15)19-12(2-4-14)20(10)5-3-13(16,17)18/h6-7H,2-5H2,1H3. The lowest BCUT2D eigenvalue weighted by Gasteiger charge is -2.11. The van der Waals surface area contributed by atoms with Crippen LogP contribution in [-0.4, -0.2) is 28.7 Å². The summed E-state index contributed by atoms with van der Waals surface area (Å²) in [5, 5.41) is 0. The minimum Gasteiger partial charge on any atom is -0.494 e. The first-order valence-corrected chi connectivity index (χ1v) is 6.74. The molecule has 8 heteroatoms. The fourth-order valence-electron chi connectivity index (χ4n) is 2.10. The first-order valence-electron chi connectivity index (χ1n) is 6.21. The summed E-state index contributed by atoms with van der Waals surface area (Å²) in [6.45, 7) is -0.291. The number of rotatable bonds is 5. The van der Waals surface area contributed by atoms with Crippen molar-refractivity contribution < 1.29 is 22.3 Å². The molecule has 21 heavy (non-hydrogen) atoms. The van der Waals surface area contributed by atoms with Gasteiger partial charge in [0.15, 0.2) is 11.6 Å². The summed E-state index contributed by atoms with van der Waals surface area (Å²) in [5.41, 5.74) is 0.688. The molecule has 1 aromatic carbocycles. The minimum absolute atomic E-state index is 0.0342. The number of alkyl halides is 4. The van der Waals surface area contributed by atoms with Crippen LogP contribution in [0.5, 0.6) is 5.75 Å². The number of ether oxygens (including phenoxy) is 1. The zero-order chi connectivity index (χ0) is 15.6. The van der Waals surface area contributed by atoms with E-state index in [1.54, 1.807) is 0 Å². The summed E-state index contributed by atoms with van der Waals surface area (Å²) < 4.78 is 57.2. The molecular weight excluding hydrogens is 312 g/mol. The highest BCUT2D eigenvalue weighted by Crippen LogP contribution is 2.28. The molecule has 0 aliphatic rings. The van der Waals surface area contributed by atoms with Crippen molar-refractivity contribution in [1.82, 2.24) is 9.55 Å². The smallest absolute Gasteiger partial charge is 0.390 e. The molecule has 0 spiro atoms. The van der Waals surface area contributed by atoms with Crippen molar-refractivity contribution in [3.05, 3.63) is 23.8 Å². The highest BCUT2D eigenvalue weighted by Gasteiger charge is 2.27. The molecule has 2 rings (SSSR count). The number of hydrogen-bond donors (Lipinski definition) is 0. The van der Waals surface area contributed by atoms with Gasteiger partial charge in [-0.2, -0.15) is 13.2 Å². The maximum absolute atomic E-state index is 13.6. The van der Waals surface area contributed by atoms with Gasteiger partial charge in [-0.25, -0.2) is 9.37 Å². The number of fused-ring (bicyclic) bond motifs is 1. The molecule has 0 amide bonds. The normalized spacial score (nSPS) is 12.1. The van der Waals surface area contributed by atoms with E-state index in [0.717, 1.165) is 6.07 Å². The van der Waals surface area contributed by atoms with E-state index in [4.69, 9.17) is 16.3 Å². The third-order valence-electron chi connectivity index (χ3n) is 3.04. The van der Waals surface area contributed by atoms with E-state index < -0.39 is 18.4 Å². The van der Waals surface area contributed by atoms with E-state index in [0.29, 0.717) is 17.8 Å². The van der Waals surface area contributed by atoms with E-state index >= 15 is 0 Å². The van der Waals surface area contributed by atoms with Gasteiger partial charge < -0.3 is 9.30 Å². The zero-order valence-electron chi connectivity index (χ0n) is 11.2. The number of methoxy groups -OCH3 is 1. The largest absolute Gasteiger partial charge is 0.494 e. The van der Waals surface area contributed by atoms with Gasteiger partial charge in [0.25, 0.3) is 0 Å². The number of hydrogen-bond acceptors (Lipinski definition) is 2. The highest BCUT2D eigenvalue weighted by atomic mass is 35.5. The van der Waals surface area contributed by atoms with Crippen molar-refractivity contribution in [3.8, 4) is 5.75 Å². The molecule has 0 unspecified atom stereocenters. The molecule has 0 N–H and O–H groups in total. The van der Waals surface area contributed by atoms with Crippen LogP contribution >= 0.6 is 11.6 Å². The molecule has 0 fully saturated rings. The van der Waals surface area contributed by atoms with Gasteiger partial charge >= 0.3 is 6.18 Å². The van der Waals surface area contributed by atoms with Crippen LogP contribution in [0.1, 0.15) is 12.2 Å². The number of benzene rings is 1. The molecule has 0 aliphatic heterocycles. The molecule has 1 aromatic heterocycles. The van der Waals surface area contributed by atoms with Gasteiger partial charge in [-0.3, -0.25) is 0 Å². The number of nitrogens with zero attached hydrogens (tertiary/aromatic N) is 2. The Bertz CT molecular complexity index is 639. The van der Waals surface area contributed by atoms with Crippen molar-refractivity contribution in [2.45, 2.75) is 25.6 Å². The Labute approximate surface area is 123 Å². The van der Waals surface area contributed by atoms with Crippen molar-refractivity contribution in [3.63, 3.8) is 0 Å². The zero-order valence-corrected chi connectivity index (χ0v) is 11.9. The Morgan fingerprint density at radius 2 is 2.05 bits per heavy atom. The van der Waals surface area contributed by atoms with E-state index in [1.165, 1.54) is 17.7 Å². The fourth-order valence-corrected chi connectivity index (χ4v) is 2.27. The maximum Gasteiger partial charge on any atom is 0.390 e. The van der Waals surface area contributed by atoms with Gasteiger partial charge in [-0.05, 0) is 0 Å². The molecule has 3 nitrogen and oxygen atoms in total. The summed E-state index contributed by atoms with van der Waals surface area (Å²) >= 11 is 5.64. The summed E-state index contributed by atoms with van der Waals surface area (Å²) in [6.07, 6.45) is -4.97. The van der Waals surface area contributed by atoms with Gasteiger partial charge in [0, 0.05) is 31.0 Å². The van der Waals surface area contributed by atoms with Crippen LogP contribution in [0.2, 0.25) is 0 Å². The first kappa shape index (κ1) is 15.9. The maximum atomic E-state index is 13.6. The SMILES string of the molecule is COc1cc2c(cc1F)nc(CCCl)n2CCC(F)(F)F. The van der Waals surface area contributed by atoms with E-state index in [-0.39, 0.29) is 23.7 Å². The number of aryl methyl sites for hydroxylation is 2. The fraction of sp³-hybridized carbons (Fsp3) is 0.462. The molecule has 0 radical (unpaired) electrons. The van der Waals surface area contributed by atoms with Gasteiger partial charge in [-0.1, -0.05) is 0 Å². The summed E-state index contributed by atoms with van der Waals surface area (Å²) in [5.74, 6) is -0.0255. The van der Waals surface area contributed by atoms with Crippen molar-refractivity contribution in [2.24, 2.45) is 0 Å². The molecule has 0 saturated heterocycles. The summed E-state index contributed by atoms with van der Waals surface area (Å²) in [4.78, 5) is 4.15. The monoisotopic (exact) mass is 324 g/mol. The quantitative estimate of drug-likeness (QED) is 0.616. The second kappa shape index (κ2) is 6.09. The third-order valence-corrected chi connectivity index (χ3v) is 3.23. The predicted molar refractivity (Wildman–Crippen MR) is 71.3 cm³/mol. The minimum atomic E-state index is -4.28. The Kier molecular flexibility index (Phi) is 4.61. The number of halogens is 5. The van der Waals surface area contributed by atoms with Crippen LogP contribution in [0.4, 0.5) is 17.6 Å². The molecule has 1 heterocycles. The molecule has 0 aliphatic carbocycles. The van der Waals surface area contributed by atoms with Gasteiger partial charge in [0.1, 0.15) is 5.82 Å². The highest BCUT2D eigenvalue weighted by molar-refractivity contribution is 6.17. The van der Waals surface area contributed by atoms with Crippen molar-refractivity contribution in [2.75, 3.05) is 13.0 Å². The Hall–Kier alpha value is -1.50. The predicted octanol–water partition coefficient (Wildman–Crippen LogP) is 3.92. The average Bonchev–Trinajstić information content (AvgIpc) is 2.71. The molecular formula is C13H13ClF4N2O. The van der Waals surface area contributed by atoms with Crippen molar-refractivity contribution in [1.29, 1.82) is 0 Å². The van der Waals surface area contributed by atoms with Crippen LogP contribution in [-0.2, 0) is 13.0 Å². The molecule has 0 bridgehead atoms. The Morgan fingerprint density at radius 3 is 2.62 bits per heavy atom. The Morgan fingerprint density at radius 1 is 1.33 bits per heavy atom. The van der Waals surface area contributed by atoms with Crippen LogP contribution < -0.4 is 4.74 Å². The lowest BCUT2D eigenvalue weighted by atomic mass is 10.2. The first-order chi connectivity index (χ1) is 9.85. The molecule has 2 aromatic rings. The Balaban J connectivity index is 2.49. The number of imidazole rings is 1. The van der Waals surface area contributed by atoms with Crippen molar-refractivity contribution >= 4 is 22.6 Å². The van der Waals surface area contributed by atoms with Crippen LogP contribution in [0.3, 0.4) is 0 Å². The lowest BCUT2D eigenvalue weighted by molar-refractivity contribution is -0.136. The van der Waals surface area contributed by atoms with E-state index in [2.05, 4.69) is 4.98 Å². The molecule has 0 atom stereocenters. The molecule has 116 valence electrons. The number of aromatic nitrogens is 2. The van der Waals surface area contributed by atoms with Gasteiger partial charge in [0.2, 0.25) is 0 Å². The van der Waals surface area contributed by atoms with E-state index in [1.807, 2.05) is 0 Å². The second-order valence-corrected chi connectivity index (χ2v) is 4.84. The second-order valence-electron chi connectivity index (χ2n) is 4.46. The lowest BCUT2D eigenvalue weighted by Crippen LogP contribution is -2.14. The third kappa shape index (κ3) is 3.58. The topological polar surface area (TPSA) is 27.1 Å². The van der Waals surface area contributed by atoms with Gasteiger partial charge in [-0.15, -0.1) is 11.6 Å². The van der Waals surface area contributed by atoms with Crippen LogP contribution in [0, 0.1) is 5.82 Å².